The average Bonchev–Trinajstić information content (AvgIpc) is 2.26. The Labute approximate surface area is 83.5 Å². The Balaban J connectivity index is 2.65. The summed E-state index contributed by atoms with van der Waals surface area (Å²) in [5, 5.41) is 2.41. The normalized spacial score (nSPS) is 9.50. The summed E-state index contributed by atoms with van der Waals surface area (Å²) in [6, 6.07) is 14.3. The number of hydrogen-bond donors (Lipinski definition) is 1. The first kappa shape index (κ1) is 8.80. The van der Waals surface area contributed by atoms with Crippen molar-refractivity contribution in [3.05, 3.63) is 48.0 Å². The van der Waals surface area contributed by atoms with Gasteiger partial charge in [0.2, 0.25) is 0 Å². The summed E-state index contributed by atoms with van der Waals surface area (Å²) in [7, 11) is 0. The summed E-state index contributed by atoms with van der Waals surface area (Å²) in [6.45, 7) is 0.406. The highest BCUT2D eigenvalue weighted by atomic mass is 14.5. The molecule has 0 bridgehead atoms. The van der Waals surface area contributed by atoms with Crippen molar-refractivity contribution in [1.29, 1.82) is 0 Å². The maximum atomic E-state index is 5.35. The van der Waals surface area contributed by atoms with E-state index >= 15 is 0 Å². The first-order valence-corrected chi connectivity index (χ1v) is 4.58. The van der Waals surface area contributed by atoms with Crippen LogP contribution in [0.15, 0.2) is 42.5 Å². The van der Waals surface area contributed by atoms with Crippen LogP contribution in [0.25, 0.3) is 10.8 Å². The predicted octanol–water partition coefficient (Wildman–Crippen LogP) is 2.15. The van der Waals surface area contributed by atoms with Gasteiger partial charge >= 0.3 is 0 Å². The van der Waals surface area contributed by atoms with E-state index < -0.39 is 0 Å². The van der Waals surface area contributed by atoms with Gasteiger partial charge < -0.3 is 5.73 Å². The zero-order valence-corrected chi connectivity index (χ0v) is 7.83. The van der Waals surface area contributed by atoms with Crippen LogP contribution >= 0.6 is 0 Å². The fraction of sp³-hybridized carbons (Fsp3) is 0.0769. The van der Waals surface area contributed by atoms with Crippen LogP contribution in [-0.4, -0.2) is 6.54 Å². The summed E-state index contributed by atoms with van der Waals surface area (Å²) >= 11 is 0. The van der Waals surface area contributed by atoms with Gasteiger partial charge in [-0.1, -0.05) is 48.2 Å². The standard InChI is InChI=1S/C13H11N/c14-10-4-8-12-7-3-6-11-5-1-2-9-13(11)12/h1-3,5-7,9H,10,14H2. The molecule has 0 saturated carbocycles. The van der Waals surface area contributed by atoms with Crippen molar-refractivity contribution >= 4 is 10.8 Å². The van der Waals surface area contributed by atoms with Gasteiger partial charge in [0, 0.05) is 5.56 Å². The number of hydrogen-bond acceptors (Lipinski definition) is 1. The molecule has 0 unspecified atom stereocenters. The van der Waals surface area contributed by atoms with Crippen molar-refractivity contribution in [2.24, 2.45) is 5.73 Å². The summed E-state index contributed by atoms with van der Waals surface area (Å²) < 4.78 is 0. The molecule has 0 aliphatic carbocycles. The molecular formula is C13H11N. The lowest BCUT2D eigenvalue weighted by Crippen LogP contribution is -1.93. The summed E-state index contributed by atoms with van der Waals surface area (Å²) in [5.41, 5.74) is 6.40. The largest absolute Gasteiger partial charge is 0.320 e. The third-order valence-corrected chi connectivity index (χ3v) is 2.11. The van der Waals surface area contributed by atoms with E-state index in [-0.39, 0.29) is 0 Å². The average molecular weight is 181 g/mol. The molecule has 0 aromatic heterocycles. The van der Waals surface area contributed by atoms with Crippen LogP contribution in [0.5, 0.6) is 0 Å². The lowest BCUT2D eigenvalue weighted by molar-refractivity contribution is 1.30. The van der Waals surface area contributed by atoms with Gasteiger partial charge in [0.25, 0.3) is 0 Å². The molecule has 0 aliphatic rings. The Morgan fingerprint density at radius 1 is 1.00 bits per heavy atom. The molecule has 2 rings (SSSR count). The van der Waals surface area contributed by atoms with E-state index in [9.17, 15) is 0 Å². The molecule has 0 atom stereocenters. The molecular weight excluding hydrogens is 170 g/mol. The van der Waals surface area contributed by atoms with E-state index in [1.807, 2.05) is 24.3 Å². The maximum absolute atomic E-state index is 5.35. The topological polar surface area (TPSA) is 26.0 Å². The third kappa shape index (κ3) is 1.61. The van der Waals surface area contributed by atoms with Gasteiger partial charge in [-0.25, -0.2) is 0 Å². The van der Waals surface area contributed by atoms with E-state index in [0.29, 0.717) is 6.54 Å². The second kappa shape index (κ2) is 3.95. The van der Waals surface area contributed by atoms with E-state index in [1.54, 1.807) is 0 Å². The van der Waals surface area contributed by atoms with Crippen molar-refractivity contribution in [3.8, 4) is 11.8 Å². The van der Waals surface area contributed by atoms with Gasteiger partial charge in [0.15, 0.2) is 0 Å². The highest BCUT2D eigenvalue weighted by Gasteiger charge is 1.95. The van der Waals surface area contributed by atoms with Crippen LogP contribution in [0.2, 0.25) is 0 Å². The molecule has 14 heavy (non-hydrogen) atoms. The molecule has 0 spiro atoms. The third-order valence-electron chi connectivity index (χ3n) is 2.11. The highest BCUT2D eigenvalue weighted by molar-refractivity contribution is 5.88. The monoisotopic (exact) mass is 181 g/mol. The summed E-state index contributed by atoms with van der Waals surface area (Å²) in [5.74, 6) is 5.95. The first-order valence-electron chi connectivity index (χ1n) is 4.58. The predicted molar refractivity (Wildman–Crippen MR) is 59.9 cm³/mol. The highest BCUT2D eigenvalue weighted by Crippen LogP contribution is 2.17. The Hall–Kier alpha value is -1.78. The second-order valence-corrected chi connectivity index (χ2v) is 3.03. The molecule has 0 fully saturated rings. The van der Waals surface area contributed by atoms with E-state index in [1.165, 1.54) is 10.8 Å². The van der Waals surface area contributed by atoms with Crippen LogP contribution in [-0.2, 0) is 0 Å². The quantitative estimate of drug-likeness (QED) is 0.619. The Bertz CT molecular complexity index is 498. The van der Waals surface area contributed by atoms with Gasteiger partial charge in [-0.05, 0) is 16.8 Å². The molecule has 0 radical (unpaired) electrons. The molecule has 2 aromatic rings. The van der Waals surface area contributed by atoms with Gasteiger partial charge in [-0.2, -0.15) is 0 Å². The smallest absolute Gasteiger partial charge is 0.0555 e. The fourth-order valence-electron chi connectivity index (χ4n) is 1.48. The van der Waals surface area contributed by atoms with E-state index in [2.05, 4.69) is 30.0 Å². The maximum Gasteiger partial charge on any atom is 0.0555 e. The minimum Gasteiger partial charge on any atom is -0.320 e. The molecule has 0 aliphatic heterocycles. The lowest BCUT2D eigenvalue weighted by Gasteiger charge is -1.98. The molecule has 0 heterocycles. The fourth-order valence-corrected chi connectivity index (χ4v) is 1.48. The Morgan fingerprint density at radius 3 is 2.64 bits per heavy atom. The van der Waals surface area contributed by atoms with Crippen molar-refractivity contribution < 1.29 is 0 Å². The molecule has 1 nitrogen and oxygen atoms in total. The first-order chi connectivity index (χ1) is 6.92. The lowest BCUT2D eigenvalue weighted by atomic mass is 10.1. The minimum atomic E-state index is 0.406. The van der Waals surface area contributed by atoms with Gasteiger partial charge in [0.1, 0.15) is 0 Å². The molecule has 0 amide bonds. The molecule has 0 saturated heterocycles. The van der Waals surface area contributed by atoms with Crippen LogP contribution in [0, 0.1) is 11.8 Å². The van der Waals surface area contributed by atoms with Crippen molar-refractivity contribution in [2.45, 2.75) is 0 Å². The Kier molecular flexibility index (Phi) is 2.48. The Morgan fingerprint density at radius 2 is 1.79 bits per heavy atom. The molecule has 2 aromatic carbocycles. The molecule has 68 valence electrons. The number of fused-ring (bicyclic) bond motifs is 1. The van der Waals surface area contributed by atoms with Crippen molar-refractivity contribution in [2.75, 3.05) is 6.54 Å². The molecule has 1 heteroatoms. The zero-order valence-electron chi connectivity index (χ0n) is 7.83. The number of benzene rings is 2. The van der Waals surface area contributed by atoms with Gasteiger partial charge in [-0.3, -0.25) is 0 Å². The van der Waals surface area contributed by atoms with Gasteiger partial charge in [-0.15, -0.1) is 0 Å². The van der Waals surface area contributed by atoms with Crippen LogP contribution in [0.1, 0.15) is 5.56 Å². The second-order valence-electron chi connectivity index (χ2n) is 3.03. The van der Waals surface area contributed by atoms with Crippen molar-refractivity contribution in [1.82, 2.24) is 0 Å². The number of nitrogens with two attached hydrogens (primary N) is 1. The van der Waals surface area contributed by atoms with Gasteiger partial charge in [0.05, 0.1) is 6.54 Å². The van der Waals surface area contributed by atoms with Crippen molar-refractivity contribution in [3.63, 3.8) is 0 Å². The summed E-state index contributed by atoms with van der Waals surface area (Å²) in [6.07, 6.45) is 0. The van der Waals surface area contributed by atoms with Crippen LogP contribution in [0.3, 0.4) is 0 Å². The van der Waals surface area contributed by atoms with Crippen LogP contribution in [0.4, 0.5) is 0 Å². The minimum absolute atomic E-state index is 0.406. The zero-order chi connectivity index (χ0) is 9.80. The summed E-state index contributed by atoms with van der Waals surface area (Å²) in [4.78, 5) is 0. The SMILES string of the molecule is NCC#Cc1cccc2ccccc12. The van der Waals surface area contributed by atoms with E-state index in [0.717, 1.165) is 5.56 Å². The number of rotatable bonds is 0. The van der Waals surface area contributed by atoms with Crippen LogP contribution < -0.4 is 5.73 Å². The van der Waals surface area contributed by atoms with E-state index in [4.69, 9.17) is 5.73 Å². The molecule has 2 N–H and O–H groups in total.